The highest BCUT2D eigenvalue weighted by Crippen LogP contribution is 2.30. The summed E-state index contributed by atoms with van der Waals surface area (Å²) >= 11 is 8.95. The van der Waals surface area contributed by atoms with E-state index >= 15 is 0 Å². The van der Waals surface area contributed by atoms with Crippen molar-refractivity contribution in [2.24, 2.45) is 0 Å². The maximum absolute atomic E-state index is 13.4. The number of hydrogen-bond acceptors (Lipinski definition) is 2. The van der Waals surface area contributed by atoms with Crippen molar-refractivity contribution in [3.8, 4) is 0 Å². The standard InChI is InChI=1S/C10H10BrClFNO/c11-10-7(12)3-6(4-8(10)13)9-5-14-1-2-15-9/h3-4,9,14H,1-2,5H2. The van der Waals surface area contributed by atoms with Crippen molar-refractivity contribution >= 4 is 27.5 Å². The van der Waals surface area contributed by atoms with Crippen molar-refractivity contribution in [1.29, 1.82) is 0 Å². The summed E-state index contributed by atoms with van der Waals surface area (Å²) in [5.41, 5.74) is 0.771. The molecule has 1 aliphatic rings. The lowest BCUT2D eigenvalue weighted by Crippen LogP contribution is -2.33. The highest BCUT2D eigenvalue weighted by atomic mass is 79.9. The van der Waals surface area contributed by atoms with Crippen LogP contribution >= 0.6 is 27.5 Å². The number of hydrogen-bond donors (Lipinski definition) is 1. The first-order chi connectivity index (χ1) is 7.18. The van der Waals surface area contributed by atoms with E-state index in [9.17, 15) is 4.39 Å². The summed E-state index contributed by atoms with van der Waals surface area (Å²) in [7, 11) is 0. The molecule has 0 radical (unpaired) electrons. The number of halogens is 3. The lowest BCUT2D eigenvalue weighted by molar-refractivity contribution is 0.0275. The SMILES string of the molecule is Fc1cc(C2CNCCO2)cc(Cl)c1Br. The van der Waals surface area contributed by atoms with Crippen LogP contribution in [0.1, 0.15) is 11.7 Å². The predicted octanol–water partition coefficient (Wildman–Crippen LogP) is 2.90. The van der Waals surface area contributed by atoms with Gasteiger partial charge >= 0.3 is 0 Å². The van der Waals surface area contributed by atoms with Crippen LogP contribution in [0.15, 0.2) is 16.6 Å². The van der Waals surface area contributed by atoms with Gasteiger partial charge in [0.2, 0.25) is 0 Å². The summed E-state index contributed by atoms with van der Waals surface area (Å²) in [6.45, 7) is 2.17. The molecule has 2 nitrogen and oxygen atoms in total. The van der Waals surface area contributed by atoms with Crippen LogP contribution in [0.3, 0.4) is 0 Å². The minimum atomic E-state index is -0.355. The molecule has 1 N–H and O–H groups in total. The van der Waals surface area contributed by atoms with Crippen molar-refractivity contribution < 1.29 is 9.13 Å². The quantitative estimate of drug-likeness (QED) is 0.804. The number of nitrogens with one attached hydrogen (secondary N) is 1. The molecule has 1 unspecified atom stereocenters. The van der Waals surface area contributed by atoms with Crippen molar-refractivity contribution in [1.82, 2.24) is 5.32 Å². The second kappa shape index (κ2) is 4.78. The van der Waals surface area contributed by atoms with E-state index in [4.69, 9.17) is 16.3 Å². The maximum atomic E-state index is 13.4. The lowest BCUT2D eigenvalue weighted by atomic mass is 10.1. The molecule has 15 heavy (non-hydrogen) atoms. The van der Waals surface area contributed by atoms with Gasteiger partial charge < -0.3 is 10.1 Å². The maximum Gasteiger partial charge on any atom is 0.139 e. The van der Waals surface area contributed by atoms with Gasteiger partial charge in [-0.15, -0.1) is 0 Å². The Kier molecular flexibility index (Phi) is 3.61. The fourth-order valence-corrected chi connectivity index (χ4v) is 1.99. The van der Waals surface area contributed by atoms with Crippen LogP contribution in [0, 0.1) is 5.82 Å². The molecule has 1 heterocycles. The Labute approximate surface area is 101 Å². The van der Waals surface area contributed by atoms with E-state index in [1.165, 1.54) is 6.07 Å². The fourth-order valence-electron chi connectivity index (χ4n) is 1.54. The van der Waals surface area contributed by atoms with E-state index in [1.54, 1.807) is 6.07 Å². The molecule has 1 aliphatic heterocycles. The Bertz CT molecular complexity index is 345. The fraction of sp³-hybridized carbons (Fsp3) is 0.400. The second-order valence-electron chi connectivity index (χ2n) is 3.36. The molecule has 0 saturated carbocycles. The highest BCUT2D eigenvalue weighted by Gasteiger charge is 2.18. The van der Waals surface area contributed by atoms with Crippen molar-refractivity contribution in [3.63, 3.8) is 0 Å². The molecule has 0 amide bonds. The molecule has 1 saturated heterocycles. The largest absolute Gasteiger partial charge is 0.371 e. The first-order valence-corrected chi connectivity index (χ1v) is 5.82. The van der Waals surface area contributed by atoms with Gasteiger partial charge in [0.1, 0.15) is 5.82 Å². The van der Waals surface area contributed by atoms with Crippen LogP contribution < -0.4 is 5.32 Å². The predicted molar refractivity (Wildman–Crippen MR) is 60.7 cm³/mol. The average molecular weight is 295 g/mol. The Morgan fingerprint density at radius 2 is 2.33 bits per heavy atom. The smallest absolute Gasteiger partial charge is 0.139 e. The number of benzene rings is 1. The molecular weight excluding hydrogens is 284 g/mol. The third-order valence-electron chi connectivity index (χ3n) is 2.31. The molecule has 0 bridgehead atoms. The molecule has 0 aliphatic carbocycles. The minimum absolute atomic E-state index is 0.112. The number of rotatable bonds is 1. The van der Waals surface area contributed by atoms with Crippen LogP contribution in [0.4, 0.5) is 4.39 Å². The molecule has 1 fully saturated rings. The molecule has 1 atom stereocenters. The Morgan fingerprint density at radius 3 is 2.93 bits per heavy atom. The molecule has 2 rings (SSSR count). The Hall–Kier alpha value is -0.160. The molecule has 82 valence electrons. The summed E-state index contributed by atoms with van der Waals surface area (Å²) < 4.78 is 19.2. The van der Waals surface area contributed by atoms with E-state index in [0.717, 1.165) is 12.1 Å². The van der Waals surface area contributed by atoms with Gasteiger partial charge in [-0.2, -0.15) is 0 Å². The van der Waals surface area contributed by atoms with Gasteiger partial charge in [-0.05, 0) is 33.6 Å². The topological polar surface area (TPSA) is 21.3 Å². The molecule has 5 heteroatoms. The number of ether oxygens (including phenoxy) is 1. The molecule has 0 spiro atoms. The van der Waals surface area contributed by atoms with Crippen LogP contribution in [0.2, 0.25) is 5.02 Å². The van der Waals surface area contributed by atoms with E-state index in [0.29, 0.717) is 22.6 Å². The van der Waals surface area contributed by atoms with Crippen molar-refractivity contribution in [2.75, 3.05) is 19.7 Å². The third-order valence-corrected chi connectivity index (χ3v) is 3.64. The van der Waals surface area contributed by atoms with Crippen molar-refractivity contribution in [3.05, 3.63) is 33.0 Å². The average Bonchev–Trinajstić information content (AvgIpc) is 2.26. The second-order valence-corrected chi connectivity index (χ2v) is 4.56. The molecule has 1 aromatic rings. The van der Waals surface area contributed by atoms with Gasteiger partial charge in [0.25, 0.3) is 0 Å². The van der Waals surface area contributed by atoms with Gasteiger partial charge in [0, 0.05) is 13.1 Å². The first kappa shape index (κ1) is 11.3. The molecule has 0 aromatic heterocycles. The zero-order valence-corrected chi connectivity index (χ0v) is 10.2. The zero-order valence-electron chi connectivity index (χ0n) is 7.90. The normalized spacial score (nSPS) is 21.7. The van der Waals surface area contributed by atoms with Gasteiger partial charge in [0.05, 0.1) is 22.2 Å². The highest BCUT2D eigenvalue weighted by molar-refractivity contribution is 9.10. The van der Waals surface area contributed by atoms with Crippen LogP contribution in [-0.2, 0) is 4.74 Å². The van der Waals surface area contributed by atoms with Crippen LogP contribution in [-0.4, -0.2) is 19.7 Å². The monoisotopic (exact) mass is 293 g/mol. The zero-order chi connectivity index (χ0) is 10.8. The number of morpholine rings is 1. The van der Waals surface area contributed by atoms with Crippen molar-refractivity contribution in [2.45, 2.75) is 6.10 Å². The van der Waals surface area contributed by atoms with Crippen LogP contribution in [0.5, 0.6) is 0 Å². The minimum Gasteiger partial charge on any atom is -0.371 e. The summed E-state index contributed by atoms with van der Waals surface area (Å²) in [5, 5.41) is 3.56. The Morgan fingerprint density at radius 1 is 1.53 bits per heavy atom. The molecule has 1 aromatic carbocycles. The molecular formula is C10H10BrClFNO. The Balaban J connectivity index is 2.27. The van der Waals surface area contributed by atoms with E-state index in [1.807, 2.05) is 0 Å². The lowest BCUT2D eigenvalue weighted by Gasteiger charge is -2.24. The summed E-state index contributed by atoms with van der Waals surface area (Å²) in [4.78, 5) is 0. The summed E-state index contributed by atoms with van der Waals surface area (Å²) in [6, 6.07) is 3.18. The third kappa shape index (κ3) is 2.50. The van der Waals surface area contributed by atoms with E-state index in [2.05, 4.69) is 21.2 Å². The van der Waals surface area contributed by atoms with Gasteiger partial charge in [0.15, 0.2) is 0 Å². The van der Waals surface area contributed by atoms with Crippen LogP contribution in [0.25, 0.3) is 0 Å². The van der Waals surface area contributed by atoms with Gasteiger partial charge in [-0.1, -0.05) is 11.6 Å². The summed E-state index contributed by atoms with van der Waals surface area (Å²) in [5.74, 6) is -0.355. The van der Waals surface area contributed by atoms with Gasteiger partial charge in [-0.25, -0.2) is 4.39 Å². The first-order valence-electron chi connectivity index (χ1n) is 4.65. The van der Waals surface area contributed by atoms with Gasteiger partial charge in [-0.3, -0.25) is 0 Å². The summed E-state index contributed by atoms with van der Waals surface area (Å²) in [6.07, 6.45) is -0.112. The van der Waals surface area contributed by atoms with E-state index in [-0.39, 0.29) is 11.9 Å². The van der Waals surface area contributed by atoms with E-state index < -0.39 is 0 Å².